The summed E-state index contributed by atoms with van der Waals surface area (Å²) in [6.45, 7) is 1.64. The van der Waals surface area contributed by atoms with Gasteiger partial charge < -0.3 is 11.1 Å². The summed E-state index contributed by atoms with van der Waals surface area (Å²) >= 11 is 1.19. The fourth-order valence-electron chi connectivity index (χ4n) is 1.81. The first-order valence-electron chi connectivity index (χ1n) is 6.07. The number of alkyl halides is 3. The summed E-state index contributed by atoms with van der Waals surface area (Å²) in [7, 11) is 0. The largest absolute Gasteiger partial charge is 0.416 e. The smallest absolute Gasteiger partial charge is 0.397 e. The Morgan fingerprint density at radius 2 is 2.05 bits per heavy atom. The molecule has 0 amide bonds. The lowest BCUT2D eigenvalue weighted by molar-refractivity contribution is -0.137. The number of rotatable bonds is 4. The van der Waals surface area contributed by atoms with Crippen molar-refractivity contribution in [3.63, 3.8) is 0 Å². The summed E-state index contributed by atoms with van der Waals surface area (Å²) < 4.78 is 37.8. The van der Waals surface area contributed by atoms with Crippen LogP contribution in [0.1, 0.15) is 27.7 Å². The summed E-state index contributed by atoms with van der Waals surface area (Å²) in [6.07, 6.45) is -4.36. The van der Waals surface area contributed by atoms with Crippen molar-refractivity contribution in [2.45, 2.75) is 19.6 Å². The average molecular weight is 314 g/mol. The molecule has 112 valence electrons. The van der Waals surface area contributed by atoms with Gasteiger partial charge in [0, 0.05) is 13.5 Å². The van der Waals surface area contributed by atoms with Crippen LogP contribution >= 0.6 is 11.3 Å². The van der Waals surface area contributed by atoms with Crippen LogP contribution < -0.4 is 11.1 Å². The summed E-state index contributed by atoms with van der Waals surface area (Å²) in [5.74, 6) is -0.135. The van der Waals surface area contributed by atoms with Crippen LogP contribution in [0.2, 0.25) is 0 Å². The van der Waals surface area contributed by atoms with Gasteiger partial charge in [-0.2, -0.15) is 13.2 Å². The molecule has 21 heavy (non-hydrogen) atoms. The molecule has 0 radical (unpaired) electrons. The standard InChI is InChI=1S/C14H13F3N2OS/c1-8(20)13-11(18)6-12(21-13)19-7-9-3-2-4-10(5-9)14(15,16)17/h2-6,19H,7,18H2,1H3. The van der Waals surface area contributed by atoms with Crippen LogP contribution in [0.5, 0.6) is 0 Å². The Balaban J connectivity index is 2.10. The van der Waals surface area contributed by atoms with Gasteiger partial charge in [-0.05, 0) is 23.8 Å². The molecule has 0 saturated carbocycles. The monoisotopic (exact) mass is 314 g/mol. The first-order valence-corrected chi connectivity index (χ1v) is 6.89. The maximum absolute atomic E-state index is 12.6. The van der Waals surface area contributed by atoms with Crippen LogP contribution in [0.4, 0.5) is 23.9 Å². The summed E-state index contributed by atoms with van der Waals surface area (Å²) in [5.41, 5.74) is 5.89. The fraction of sp³-hybridized carbons (Fsp3) is 0.214. The number of ketones is 1. The number of benzene rings is 1. The van der Waals surface area contributed by atoms with Gasteiger partial charge in [-0.3, -0.25) is 4.79 Å². The molecule has 1 heterocycles. The molecule has 3 nitrogen and oxygen atoms in total. The first kappa shape index (κ1) is 15.4. The van der Waals surface area contributed by atoms with Gasteiger partial charge in [0.2, 0.25) is 0 Å². The number of halogens is 3. The van der Waals surface area contributed by atoms with Crippen molar-refractivity contribution in [3.05, 3.63) is 46.3 Å². The molecule has 0 fully saturated rings. The van der Waals surface area contributed by atoms with Crippen LogP contribution in [0, 0.1) is 0 Å². The van der Waals surface area contributed by atoms with E-state index in [1.54, 1.807) is 12.1 Å². The third-order valence-corrected chi connectivity index (χ3v) is 4.01. The van der Waals surface area contributed by atoms with E-state index in [9.17, 15) is 18.0 Å². The molecular weight excluding hydrogens is 301 g/mol. The van der Waals surface area contributed by atoms with E-state index in [0.29, 0.717) is 21.1 Å². The van der Waals surface area contributed by atoms with Gasteiger partial charge in [-0.15, -0.1) is 11.3 Å². The van der Waals surface area contributed by atoms with E-state index in [2.05, 4.69) is 5.32 Å². The molecule has 0 aliphatic heterocycles. The lowest BCUT2D eigenvalue weighted by atomic mass is 10.1. The van der Waals surface area contributed by atoms with Crippen LogP contribution in [-0.4, -0.2) is 5.78 Å². The van der Waals surface area contributed by atoms with Crippen molar-refractivity contribution in [2.24, 2.45) is 0 Å². The Morgan fingerprint density at radius 3 is 2.62 bits per heavy atom. The SMILES string of the molecule is CC(=O)c1sc(NCc2cccc(C(F)(F)F)c2)cc1N. The highest BCUT2D eigenvalue weighted by atomic mass is 32.1. The zero-order valence-electron chi connectivity index (χ0n) is 11.1. The highest BCUT2D eigenvalue weighted by molar-refractivity contribution is 7.18. The summed E-state index contributed by atoms with van der Waals surface area (Å²) in [6, 6.07) is 6.69. The summed E-state index contributed by atoms with van der Waals surface area (Å²) in [4.78, 5) is 11.7. The Hall–Kier alpha value is -2.02. The second-order valence-electron chi connectivity index (χ2n) is 4.50. The van der Waals surface area contributed by atoms with E-state index in [4.69, 9.17) is 5.73 Å². The van der Waals surface area contributed by atoms with Crippen LogP contribution in [0.25, 0.3) is 0 Å². The summed E-state index contributed by atoms with van der Waals surface area (Å²) in [5, 5.41) is 3.62. The van der Waals surface area contributed by atoms with Crippen molar-refractivity contribution in [2.75, 3.05) is 11.1 Å². The topological polar surface area (TPSA) is 55.1 Å². The number of hydrogen-bond donors (Lipinski definition) is 2. The number of nitrogen functional groups attached to an aromatic ring is 1. The molecule has 0 aliphatic carbocycles. The number of nitrogens with one attached hydrogen (secondary N) is 1. The minimum Gasteiger partial charge on any atom is -0.397 e. The maximum Gasteiger partial charge on any atom is 0.416 e. The minimum atomic E-state index is -4.36. The molecule has 2 aromatic rings. The third kappa shape index (κ3) is 3.75. The number of anilines is 2. The zero-order valence-corrected chi connectivity index (χ0v) is 11.9. The fourth-order valence-corrected chi connectivity index (χ4v) is 2.68. The Bertz CT molecular complexity index is 664. The van der Waals surface area contributed by atoms with Crippen molar-refractivity contribution in [1.82, 2.24) is 0 Å². The Labute approximate surface area is 123 Å². The highest BCUT2D eigenvalue weighted by Gasteiger charge is 2.30. The molecule has 0 unspecified atom stereocenters. The van der Waals surface area contributed by atoms with E-state index in [-0.39, 0.29) is 12.3 Å². The maximum atomic E-state index is 12.6. The predicted octanol–water partition coefficient (Wildman–Crippen LogP) is 4.16. The van der Waals surface area contributed by atoms with Crippen LogP contribution in [0.3, 0.4) is 0 Å². The number of Topliss-reactive ketones (excluding diaryl/α,β-unsaturated/α-hetero) is 1. The van der Waals surface area contributed by atoms with Gasteiger partial charge in [0.25, 0.3) is 0 Å². The number of carbonyl (C=O) groups is 1. The molecule has 0 spiro atoms. The van der Waals surface area contributed by atoms with E-state index >= 15 is 0 Å². The van der Waals surface area contributed by atoms with Crippen molar-refractivity contribution < 1.29 is 18.0 Å². The quantitative estimate of drug-likeness (QED) is 0.833. The average Bonchev–Trinajstić information content (AvgIpc) is 2.77. The van der Waals surface area contributed by atoms with Gasteiger partial charge in [0.15, 0.2) is 5.78 Å². The normalized spacial score (nSPS) is 11.4. The first-order chi connectivity index (χ1) is 9.77. The molecule has 1 aromatic carbocycles. The lowest BCUT2D eigenvalue weighted by Gasteiger charge is -2.09. The predicted molar refractivity (Wildman–Crippen MR) is 77.5 cm³/mol. The van der Waals surface area contributed by atoms with E-state index in [0.717, 1.165) is 12.1 Å². The van der Waals surface area contributed by atoms with Gasteiger partial charge >= 0.3 is 6.18 Å². The number of nitrogens with two attached hydrogens (primary N) is 1. The molecule has 0 atom stereocenters. The minimum absolute atomic E-state index is 0.135. The zero-order chi connectivity index (χ0) is 15.6. The molecule has 0 saturated heterocycles. The molecule has 0 bridgehead atoms. The van der Waals surface area contributed by atoms with E-state index < -0.39 is 11.7 Å². The highest BCUT2D eigenvalue weighted by Crippen LogP contribution is 2.31. The molecular formula is C14H13F3N2OS. The molecule has 1 aromatic heterocycles. The second kappa shape index (κ2) is 5.77. The van der Waals surface area contributed by atoms with Gasteiger partial charge in [0.1, 0.15) is 0 Å². The Kier molecular flexibility index (Phi) is 4.22. The van der Waals surface area contributed by atoms with E-state index in [1.807, 2.05) is 0 Å². The number of thiophene rings is 1. The van der Waals surface area contributed by atoms with Crippen molar-refractivity contribution >= 4 is 27.8 Å². The van der Waals surface area contributed by atoms with Crippen molar-refractivity contribution in [1.29, 1.82) is 0 Å². The molecule has 0 aliphatic rings. The van der Waals surface area contributed by atoms with Gasteiger partial charge in [0.05, 0.1) is 21.1 Å². The number of hydrogen-bond acceptors (Lipinski definition) is 4. The van der Waals surface area contributed by atoms with E-state index in [1.165, 1.54) is 24.3 Å². The van der Waals surface area contributed by atoms with Gasteiger partial charge in [-0.1, -0.05) is 12.1 Å². The second-order valence-corrected chi connectivity index (χ2v) is 5.56. The van der Waals surface area contributed by atoms with Gasteiger partial charge in [-0.25, -0.2) is 0 Å². The molecule has 2 rings (SSSR count). The van der Waals surface area contributed by atoms with Crippen LogP contribution in [-0.2, 0) is 12.7 Å². The van der Waals surface area contributed by atoms with Crippen molar-refractivity contribution in [3.8, 4) is 0 Å². The molecule has 3 N–H and O–H groups in total. The lowest BCUT2D eigenvalue weighted by Crippen LogP contribution is -2.06. The van der Waals surface area contributed by atoms with Crippen LogP contribution in [0.15, 0.2) is 30.3 Å². The number of carbonyl (C=O) groups excluding carboxylic acids is 1. The third-order valence-electron chi connectivity index (χ3n) is 2.80. The Morgan fingerprint density at radius 1 is 1.33 bits per heavy atom. The molecule has 7 heteroatoms.